The van der Waals surface area contributed by atoms with Crippen molar-refractivity contribution in [3.63, 3.8) is 0 Å². The first-order chi connectivity index (χ1) is 9.97. The van der Waals surface area contributed by atoms with E-state index in [2.05, 4.69) is 22.4 Å². The minimum atomic E-state index is -0.113. The third kappa shape index (κ3) is 3.93. The van der Waals surface area contributed by atoms with Gasteiger partial charge in [0.15, 0.2) is 0 Å². The maximum absolute atomic E-state index is 12.1. The molecule has 21 heavy (non-hydrogen) atoms. The van der Waals surface area contributed by atoms with Crippen LogP contribution in [0.4, 0.5) is 0 Å². The smallest absolute Gasteiger partial charge is 0.224 e. The van der Waals surface area contributed by atoms with Gasteiger partial charge in [-0.1, -0.05) is 6.92 Å². The Morgan fingerprint density at radius 2 is 2.14 bits per heavy atom. The maximum atomic E-state index is 12.1. The van der Waals surface area contributed by atoms with Crippen molar-refractivity contribution in [1.82, 2.24) is 24.9 Å². The number of nitrogens with one attached hydrogen (secondary N) is 1. The number of hydrogen-bond acceptors (Lipinski definition) is 3. The molecular formula is C15H23N5O. The zero-order valence-corrected chi connectivity index (χ0v) is 13.1. The molecule has 114 valence electrons. The first kappa shape index (κ1) is 15.3. The molecule has 0 fully saturated rings. The van der Waals surface area contributed by atoms with Crippen molar-refractivity contribution < 1.29 is 4.79 Å². The fraction of sp³-hybridized carbons (Fsp3) is 0.533. The zero-order chi connectivity index (χ0) is 15.4. The topological polar surface area (TPSA) is 64.7 Å². The van der Waals surface area contributed by atoms with Crippen LogP contribution in [-0.4, -0.2) is 32.0 Å². The molecule has 1 amide bonds. The van der Waals surface area contributed by atoms with Crippen LogP contribution in [0.3, 0.4) is 0 Å². The summed E-state index contributed by atoms with van der Waals surface area (Å²) in [5.74, 6) is -0.0727. The molecule has 0 saturated heterocycles. The van der Waals surface area contributed by atoms with Gasteiger partial charge in [0.25, 0.3) is 0 Å². The lowest BCUT2D eigenvalue weighted by Crippen LogP contribution is -2.35. The van der Waals surface area contributed by atoms with Gasteiger partial charge in [0, 0.05) is 24.6 Å². The number of amides is 1. The summed E-state index contributed by atoms with van der Waals surface area (Å²) in [6, 6.07) is 4.04. The average molecular weight is 289 g/mol. The van der Waals surface area contributed by atoms with Gasteiger partial charge in [-0.2, -0.15) is 10.2 Å². The lowest BCUT2D eigenvalue weighted by Gasteiger charge is -2.17. The van der Waals surface area contributed by atoms with Crippen LogP contribution in [0.15, 0.2) is 24.5 Å². The fourth-order valence-electron chi connectivity index (χ4n) is 2.37. The number of aromatic nitrogens is 4. The van der Waals surface area contributed by atoms with Gasteiger partial charge in [0.2, 0.25) is 5.91 Å². The predicted octanol–water partition coefficient (Wildman–Crippen LogP) is 1.71. The van der Waals surface area contributed by atoms with Crippen molar-refractivity contribution in [3.8, 4) is 0 Å². The molecule has 2 aromatic rings. The molecule has 0 bridgehead atoms. The molecule has 0 aliphatic carbocycles. The molecule has 2 rings (SSSR count). The lowest BCUT2D eigenvalue weighted by molar-refractivity contribution is -0.125. The minimum absolute atomic E-state index is 0.0406. The third-order valence-corrected chi connectivity index (χ3v) is 3.50. The first-order valence-corrected chi connectivity index (χ1v) is 7.25. The van der Waals surface area contributed by atoms with Gasteiger partial charge < -0.3 is 5.32 Å². The molecular weight excluding hydrogens is 266 g/mol. The van der Waals surface area contributed by atoms with Crippen LogP contribution in [0.2, 0.25) is 0 Å². The van der Waals surface area contributed by atoms with Gasteiger partial charge in [-0.05, 0) is 32.9 Å². The summed E-state index contributed by atoms with van der Waals surface area (Å²) in [5, 5.41) is 11.6. The molecule has 2 aromatic heterocycles. The highest BCUT2D eigenvalue weighted by Gasteiger charge is 2.16. The molecule has 6 nitrogen and oxygen atoms in total. The lowest BCUT2D eigenvalue weighted by atomic mass is 10.1. The van der Waals surface area contributed by atoms with E-state index in [4.69, 9.17) is 0 Å². The van der Waals surface area contributed by atoms with Crippen molar-refractivity contribution in [2.24, 2.45) is 5.92 Å². The van der Waals surface area contributed by atoms with E-state index in [9.17, 15) is 4.79 Å². The molecule has 0 aliphatic rings. The molecule has 0 unspecified atom stereocenters. The van der Waals surface area contributed by atoms with Gasteiger partial charge in [-0.25, -0.2) is 0 Å². The van der Waals surface area contributed by atoms with E-state index >= 15 is 0 Å². The SMILES string of the molecule is Cc1cc(C)n([C@H](C)CNC(=O)[C@H](C)Cn2cccn2)n1. The summed E-state index contributed by atoms with van der Waals surface area (Å²) < 4.78 is 3.72. The quantitative estimate of drug-likeness (QED) is 0.880. The van der Waals surface area contributed by atoms with Gasteiger partial charge in [0.1, 0.15) is 0 Å². The third-order valence-electron chi connectivity index (χ3n) is 3.50. The van der Waals surface area contributed by atoms with Gasteiger partial charge >= 0.3 is 0 Å². The first-order valence-electron chi connectivity index (χ1n) is 7.25. The zero-order valence-electron chi connectivity index (χ0n) is 13.1. The van der Waals surface area contributed by atoms with Crippen LogP contribution in [0, 0.1) is 19.8 Å². The van der Waals surface area contributed by atoms with Crippen molar-refractivity contribution in [3.05, 3.63) is 35.9 Å². The maximum Gasteiger partial charge on any atom is 0.224 e. The molecule has 1 N–H and O–H groups in total. The number of nitrogens with zero attached hydrogens (tertiary/aromatic N) is 4. The highest BCUT2D eigenvalue weighted by molar-refractivity contribution is 5.78. The average Bonchev–Trinajstić information content (AvgIpc) is 3.05. The Bertz CT molecular complexity index is 587. The Labute approximate surface area is 125 Å². The standard InChI is InChI=1S/C15H23N5O/c1-11(10-19-7-5-6-17-19)15(21)16-9-14(4)20-13(3)8-12(2)18-20/h5-8,11,14H,9-10H2,1-4H3,(H,16,21)/t11-,14-/m1/s1. The summed E-state index contributed by atoms with van der Waals surface area (Å²) in [5.41, 5.74) is 2.11. The van der Waals surface area contributed by atoms with Crippen molar-refractivity contribution in [2.45, 2.75) is 40.3 Å². The van der Waals surface area contributed by atoms with Gasteiger partial charge in [0.05, 0.1) is 24.2 Å². The number of hydrogen-bond donors (Lipinski definition) is 1. The highest BCUT2D eigenvalue weighted by Crippen LogP contribution is 2.10. The van der Waals surface area contributed by atoms with E-state index in [-0.39, 0.29) is 17.9 Å². The summed E-state index contributed by atoms with van der Waals surface area (Å²) in [6.45, 7) is 9.12. The summed E-state index contributed by atoms with van der Waals surface area (Å²) in [7, 11) is 0. The van der Waals surface area contributed by atoms with E-state index < -0.39 is 0 Å². The predicted molar refractivity (Wildman–Crippen MR) is 80.8 cm³/mol. The summed E-state index contributed by atoms with van der Waals surface area (Å²) >= 11 is 0. The van der Waals surface area contributed by atoms with Gasteiger partial charge in [-0.3, -0.25) is 14.2 Å². The molecule has 2 atom stereocenters. The second-order valence-corrected chi connectivity index (χ2v) is 5.59. The molecule has 0 aromatic carbocycles. The Kier molecular flexibility index (Phi) is 4.77. The molecule has 0 saturated carbocycles. The molecule has 0 spiro atoms. The number of rotatable bonds is 6. The Hall–Kier alpha value is -2.11. The Balaban J connectivity index is 1.84. The molecule has 0 aliphatic heterocycles. The van der Waals surface area contributed by atoms with Crippen LogP contribution in [0.25, 0.3) is 0 Å². The van der Waals surface area contributed by atoms with E-state index in [1.165, 1.54) is 0 Å². The van der Waals surface area contributed by atoms with Crippen molar-refractivity contribution >= 4 is 5.91 Å². The largest absolute Gasteiger partial charge is 0.354 e. The van der Waals surface area contributed by atoms with Crippen LogP contribution >= 0.6 is 0 Å². The van der Waals surface area contributed by atoms with E-state index in [1.54, 1.807) is 10.9 Å². The minimum Gasteiger partial charge on any atom is -0.354 e. The molecule has 0 radical (unpaired) electrons. The second kappa shape index (κ2) is 6.56. The Morgan fingerprint density at radius 1 is 1.38 bits per heavy atom. The van der Waals surface area contributed by atoms with Crippen LogP contribution < -0.4 is 5.32 Å². The number of carbonyl (C=O) groups excluding carboxylic acids is 1. The van der Waals surface area contributed by atoms with Crippen LogP contribution in [0.5, 0.6) is 0 Å². The summed E-state index contributed by atoms with van der Waals surface area (Å²) in [4.78, 5) is 12.1. The van der Waals surface area contributed by atoms with Crippen LogP contribution in [0.1, 0.15) is 31.3 Å². The van der Waals surface area contributed by atoms with Crippen molar-refractivity contribution in [1.29, 1.82) is 0 Å². The van der Waals surface area contributed by atoms with Crippen molar-refractivity contribution in [2.75, 3.05) is 6.54 Å². The van der Waals surface area contributed by atoms with Crippen LogP contribution in [-0.2, 0) is 11.3 Å². The number of carbonyl (C=O) groups is 1. The molecule has 2 heterocycles. The van der Waals surface area contributed by atoms with E-state index in [0.717, 1.165) is 11.4 Å². The van der Waals surface area contributed by atoms with E-state index in [0.29, 0.717) is 13.1 Å². The highest BCUT2D eigenvalue weighted by atomic mass is 16.1. The number of aryl methyl sites for hydroxylation is 2. The Morgan fingerprint density at radius 3 is 2.71 bits per heavy atom. The summed E-state index contributed by atoms with van der Waals surface area (Å²) in [6.07, 6.45) is 3.58. The van der Waals surface area contributed by atoms with E-state index in [1.807, 2.05) is 43.8 Å². The molecule has 6 heteroatoms. The normalized spacial score (nSPS) is 13.9. The monoisotopic (exact) mass is 289 g/mol. The second-order valence-electron chi connectivity index (χ2n) is 5.59. The fourth-order valence-corrected chi connectivity index (χ4v) is 2.37. The van der Waals surface area contributed by atoms with Gasteiger partial charge in [-0.15, -0.1) is 0 Å².